The molecule has 1 aliphatic heterocycles. The molecule has 0 fully saturated rings. The summed E-state index contributed by atoms with van der Waals surface area (Å²) >= 11 is 0. The lowest BCUT2D eigenvalue weighted by Crippen LogP contribution is -2.15. The molecular weight excluding hydrogens is 314 g/mol. The van der Waals surface area contributed by atoms with Crippen molar-refractivity contribution in [3.05, 3.63) is 66.2 Å². The Bertz CT molecular complexity index is 878. The zero-order valence-corrected chi connectivity index (χ0v) is 13.9. The summed E-state index contributed by atoms with van der Waals surface area (Å²) in [4.78, 5) is 0. The standard InChI is InChI=1S/C21H21NO3/c23-19(17-6-5-15-3-1-2-4-16(15)13-17)9-10-22-18-7-8-20-21(14-18)25-12-11-24-20/h1-8,13-14,19,22-23H,9-12H2. The molecule has 0 amide bonds. The quantitative estimate of drug-likeness (QED) is 0.735. The molecule has 0 spiro atoms. The molecule has 0 radical (unpaired) electrons. The van der Waals surface area contributed by atoms with Crippen LogP contribution in [0.15, 0.2) is 60.7 Å². The second-order valence-electron chi connectivity index (χ2n) is 6.20. The molecule has 0 bridgehead atoms. The highest BCUT2D eigenvalue weighted by molar-refractivity contribution is 5.83. The van der Waals surface area contributed by atoms with Crippen LogP contribution in [0.1, 0.15) is 18.1 Å². The van der Waals surface area contributed by atoms with E-state index in [4.69, 9.17) is 9.47 Å². The van der Waals surface area contributed by atoms with E-state index in [1.165, 1.54) is 5.39 Å². The van der Waals surface area contributed by atoms with E-state index in [0.29, 0.717) is 26.2 Å². The summed E-state index contributed by atoms with van der Waals surface area (Å²) < 4.78 is 11.1. The maximum Gasteiger partial charge on any atom is 0.163 e. The van der Waals surface area contributed by atoms with Gasteiger partial charge in [-0.1, -0.05) is 36.4 Å². The molecule has 4 nitrogen and oxygen atoms in total. The van der Waals surface area contributed by atoms with Gasteiger partial charge in [-0.2, -0.15) is 0 Å². The number of benzene rings is 3. The molecule has 3 aromatic carbocycles. The van der Waals surface area contributed by atoms with Gasteiger partial charge in [0.1, 0.15) is 13.2 Å². The number of hydrogen-bond acceptors (Lipinski definition) is 4. The third-order valence-electron chi connectivity index (χ3n) is 4.45. The van der Waals surface area contributed by atoms with Gasteiger partial charge in [0.15, 0.2) is 11.5 Å². The van der Waals surface area contributed by atoms with Crippen molar-refractivity contribution in [3.8, 4) is 11.5 Å². The number of aliphatic hydroxyl groups excluding tert-OH is 1. The maximum atomic E-state index is 10.5. The minimum atomic E-state index is -0.491. The molecule has 0 saturated carbocycles. The van der Waals surface area contributed by atoms with Crippen molar-refractivity contribution in [2.75, 3.05) is 25.1 Å². The Kier molecular flexibility index (Phi) is 4.44. The zero-order chi connectivity index (χ0) is 17.1. The summed E-state index contributed by atoms with van der Waals surface area (Å²) in [6.07, 6.45) is 0.140. The van der Waals surface area contributed by atoms with Crippen LogP contribution in [-0.2, 0) is 0 Å². The largest absolute Gasteiger partial charge is 0.486 e. The van der Waals surface area contributed by atoms with E-state index < -0.39 is 6.10 Å². The fourth-order valence-electron chi connectivity index (χ4n) is 3.09. The molecule has 4 heteroatoms. The van der Waals surface area contributed by atoms with Crippen molar-refractivity contribution in [3.63, 3.8) is 0 Å². The van der Waals surface area contributed by atoms with E-state index in [0.717, 1.165) is 28.1 Å². The van der Waals surface area contributed by atoms with Crippen molar-refractivity contribution >= 4 is 16.5 Å². The molecule has 0 saturated heterocycles. The van der Waals surface area contributed by atoms with E-state index in [2.05, 4.69) is 29.6 Å². The van der Waals surface area contributed by atoms with Gasteiger partial charge in [-0.3, -0.25) is 0 Å². The van der Waals surface area contributed by atoms with Gasteiger partial charge in [0.05, 0.1) is 6.10 Å². The van der Waals surface area contributed by atoms with E-state index in [-0.39, 0.29) is 0 Å². The molecule has 4 rings (SSSR count). The molecule has 128 valence electrons. The lowest BCUT2D eigenvalue weighted by Gasteiger charge is -2.19. The van der Waals surface area contributed by atoms with Crippen LogP contribution >= 0.6 is 0 Å². The summed E-state index contributed by atoms with van der Waals surface area (Å²) in [5.74, 6) is 1.55. The van der Waals surface area contributed by atoms with Gasteiger partial charge in [-0.05, 0) is 41.0 Å². The van der Waals surface area contributed by atoms with Gasteiger partial charge in [-0.25, -0.2) is 0 Å². The number of nitrogens with one attached hydrogen (secondary N) is 1. The number of hydrogen-bond donors (Lipinski definition) is 2. The fraction of sp³-hybridized carbons (Fsp3) is 0.238. The van der Waals surface area contributed by atoms with Crippen LogP contribution in [0.25, 0.3) is 10.8 Å². The number of ether oxygens (including phenoxy) is 2. The third kappa shape index (κ3) is 3.54. The Balaban J connectivity index is 1.37. The van der Waals surface area contributed by atoms with Gasteiger partial charge < -0.3 is 19.9 Å². The molecule has 2 N–H and O–H groups in total. The Hall–Kier alpha value is -2.72. The van der Waals surface area contributed by atoms with Crippen LogP contribution in [0.2, 0.25) is 0 Å². The molecule has 25 heavy (non-hydrogen) atoms. The first-order valence-electron chi connectivity index (χ1n) is 8.60. The second-order valence-corrected chi connectivity index (χ2v) is 6.20. The molecule has 3 aromatic rings. The highest BCUT2D eigenvalue weighted by Gasteiger charge is 2.12. The fourth-order valence-corrected chi connectivity index (χ4v) is 3.09. The monoisotopic (exact) mass is 335 g/mol. The van der Waals surface area contributed by atoms with E-state index in [1.54, 1.807) is 0 Å². The minimum Gasteiger partial charge on any atom is -0.486 e. The molecule has 0 aromatic heterocycles. The lowest BCUT2D eigenvalue weighted by atomic mass is 10.0. The number of fused-ring (bicyclic) bond motifs is 2. The van der Waals surface area contributed by atoms with Gasteiger partial charge in [0, 0.05) is 18.3 Å². The van der Waals surface area contributed by atoms with Gasteiger partial charge in [0.2, 0.25) is 0 Å². The number of aliphatic hydroxyl groups is 1. The van der Waals surface area contributed by atoms with Crippen LogP contribution in [0.3, 0.4) is 0 Å². The third-order valence-corrected chi connectivity index (χ3v) is 4.45. The summed E-state index contributed by atoms with van der Waals surface area (Å²) in [5.41, 5.74) is 1.91. The molecule has 1 unspecified atom stereocenters. The highest BCUT2D eigenvalue weighted by atomic mass is 16.6. The molecule has 0 aliphatic carbocycles. The Morgan fingerprint density at radius 3 is 2.56 bits per heavy atom. The van der Waals surface area contributed by atoms with E-state index in [9.17, 15) is 5.11 Å². The maximum absolute atomic E-state index is 10.5. The van der Waals surface area contributed by atoms with Gasteiger partial charge >= 0.3 is 0 Å². The first-order chi connectivity index (χ1) is 12.3. The van der Waals surface area contributed by atoms with Crippen LogP contribution in [-0.4, -0.2) is 24.9 Å². The predicted octanol–water partition coefficient (Wildman–Crippen LogP) is 4.15. The number of anilines is 1. The van der Waals surface area contributed by atoms with Crippen LogP contribution in [0.4, 0.5) is 5.69 Å². The summed E-state index contributed by atoms with van der Waals surface area (Å²) in [7, 11) is 0. The summed E-state index contributed by atoms with van der Waals surface area (Å²) in [6, 6.07) is 20.1. The molecule has 1 atom stereocenters. The van der Waals surface area contributed by atoms with E-state index in [1.807, 2.05) is 36.4 Å². The Labute approximate surface area is 147 Å². The van der Waals surface area contributed by atoms with Crippen molar-refractivity contribution in [1.29, 1.82) is 0 Å². The van der Waals surface area contributed by atoms with Crippen molar-refractivity contribution in [2.24, 2.45) is 0 Å². The van der Waals surface area contributed by atoms with Crippen molar-refractivity contribution < 1.29 is 14.6 Å². The first-order valence-corrected chi connectivity index (χ1v) is 8.60. The summed E-state index contributed by atoms with van der Waals surface area (Å²) in [6.45, 7) is 1.85. The van der Waals surface area contributed by atoms with Crippen molar-refractivity contribution in [1.82, 2.24) is 0 Å². The van der Waals surface area contributed by atoms with Crippen LogP contribution in [0, 0.1) is 0 Å². The highest BCUT2D eigenvalue weighted by Crippen LogP contribution is 2.32. The van der Waals surface area contributed by atoms with Gasteiger partial charge in [-0.15, -0.1) is 0 Å². The lowest BCUT2D eigenvalue weighted by molar-refractivity contribution is 0.171. The Morgan fingerprint density at radius 2 is 1.68 bits per heavy atom. The molecule has 1 heterocycles. The van der Waals surface area contributed by atoms with E-state index >= 15 is 0 Å². The van der Waals surface area contributed by atoms with Crippen LogP contribution in [0.5, 0.6) is 11.5 Å². The van der Waals surface area contributed by atoms with Crippen molar-refractivity contribution in [2.45, 2.75) is 12.5 Å². The molecule has 1 aliphatic rings. The Morgan fingerprint density at radius 1 is 0.880 bits per heavy atom. The normalized spacial score (nSPS) is 14.3. The summed E-state index contributed by atoms with van der Waals surface area (Å²) in [5, 5.41) is 16.1. The average Bonchev–Trinajstić information content (AvgIpc) is 2.67. The SMILES string of the molecule is OC(CCNc1ccc2c(c1)OCCO2)c1ccc2ccccc2c1. The second kappa shape index (κ2) is 7.03. The predicted molar refractivity (Wildman–Crippen MR) is 99.4 cm³/mol. The number of rotatable bonds is 5. The smallest absolute Gasteiger partial charge is 0.163 e. The minimum absolute atomic E-state index is 0.491. The van der Waals surface area contributed by atoms with Crippen LogP contribution < -0.4 is 14.8 Å². The zero-order valence-electron chi connectivity index (χ0n) is 13.9. The van der Waals surface area contributed by atoms with Gasteiger partial charge in [0.25, 0.3) is 0 Å². The average molecular weight is 335 g/mol. The topological polar surface area (TPSA) is 50.7 Å². The molecular formula is C21H21NO3. The first kappa shape index (κ1) is 15.8.